The average Bonchev–Trinajstić information content (AvgIpc) is 2.99. The first-order valence-corrected chi connectivity index (χ1v) is 8.63. The van der Waals surface area contributed by atoms with E-state index in [4.69, 9.17) is 10.5 Å². The van der Waals surface area contributed by atoms with E-state index in [0.717, 1.165) is 0 Å². The molecule has 5 rings (SSSR count). The second kappa shape index (κ2) is 5.24. The summed E-state index contributed by atoms with van der Waals surface area (Å²) in [6.07, 6.45) is 0. The molecule has 1 aromatic heterocycles. The second-order valence-electron chi connectivity index (χ2n) is 6.79. The fraction of sp³-hybridized carbons (Fsp3) is 0.0952. The zero-order valence-corrected chi connectivity index (χ0v) is 14.8. The first kappa shape index (κ1) is 16.1. The van der Waals surface area contributed by atoms with Crippen molar-refractivity contribution in [2.75, 3.05) is 5.32 Å². The fourth-order valence-electron chi connectivity index (χ4n) is 4.27. The maximum Gasteiger partial charge on any atom is 0.259 e. The van der Waals surface area contributed by atoms with Crippen molar-refractivity contribution in [2.24, 2.45) is 12.8 Å². The molecule has 1 atom stereocenters. The third kappa shape index (κ3) is 1.67. The molecule has 3 aromatic rings. The molecule has 0 bridgehead atoms. The Kier molecular flexibility index (Phi) is 3.02. The maximum absolute atomic E-state index is 13.4. The minimum Gasteiger partial charge on any atom is -0.439 e. The number of carbonyl (C=O) groups is 1. The summed E-state index contributed by atoms with van der Waals surface area (Å²) < 4.78 is 7.24. The molecule has 0 radical (unpaired) electrons. The number of carbonyl (C=O) groups excluding carboxylic acids is 1. The minimum atomic E-state index is -1.65. The Labute approximate surface area is 159 Å². The Morgan fingerprint density at radius 3 is 2.64 bits per heavy atom. The first-order valence-electron chi connectivity index (χ1n) is 8.63. The normalized spacial score (nSPS) is 19.8. The highest BCUT2D eigenvalue weighted by Crippen LogP contribution is 2.53. The predicted octanol–water partition coefficient (Wildman–Crippen LogP) is 1.86. The van der Waals surface area contributed by atoms with E-state index in [2.05, 4.69) is 5.32 Å². The number of benzene rings is 2. The first-order chi connectivity index (χ1) is 13.5. The lowest BCUT2D eigenvalue weighted by Crippen LogP contribution is -2.47. The number of pyridine rings is 1. The van der Waals surface area contributed by atoms with E-state index in [9.17, 15) is 14.9 Å². The van der Waals surface area contributed by atoms with Crippen molar-refractivity contribution in [2.45, 2.75) is 5.41 Å². The van der Waals surface area contributed by atoms with E-state index in [1.807, 2.05) is 18.2 Å². The summed E-state index contributed by atoms with van der Waals surface area (Å²) in [6.45, 7) is 0. The van der Waals surface area contributed by atoms with Crippen LogP contribution in [0.1, 0.15) is 11.1 Å². The molecule has 7 nitrogen and oxygen atoms in total. The van der Waals surface area contributed by atoms with Gasteiger partial charge in [-0.2, -0.15) is 5.26 Å². The molecular formula is C21H14N4O3. The number of nitriles is 1. The molecule has 136 valence electrons. The van der Waals surface area contributed by atoms with E-state index in [-0.39, 0.29) is 22.8 Å². The lowest BCUT2D eigenvalue weighted by atomic mass is 9.69. The average molecular weight is 370 g/mol. The smallest absolute Gasteiger partial charge is 0.259 e. The van der Waals surface area contributed by atoms with Gasteiger partial charge in [-0.25, -0.2) is 0 Å². The van der Waals surface area contributed by atoms with Crippen LogP contribution in [0, 0.1) is 11.3 Å². The van der Waals surface area contributed by atoms with Gasteiger partial charge in [-0.3, -0.25) is 9.59 Å². The molecule has 28 heavy (non-hydrogen) atoms. The fourth-order valence-corrected chi connectivity index (χ4v) is 4.27. The number of anilines is 1. The van der Waals surface area contributed by atoms with E-state index >= 15 is 0 Å². The summed E-state index contributed by atoms with van der Waals surface area (Å²) >= 11 is 0. The SMILES string of the molecule is Cn1c(=O)c2c(c3ccccc31)OC(N)=C(C#N)[C@]21C(=O)Nc2ccccc21. The molecule has 2 aliphatic rings. The predicted molar refractivity (Wildman–Crippen MR) is 102 cm³/mol. The molecular weight excluding hydrogens is 356 g/mol. The molecule has 0 saturated carbocycles. The number of aryl methyl sites for hydroxylation is 1. The largest absolute Gasteiger partial charge is 0.439 e. The molecule has 7 heteroatoms. The molecule has 3 heterocycles. The number of ether oxygens (including phenoxy) is 1. The summed E-state index contributed by atoms with van der Waals surface area (Å²) in [5, 5.41) is 13.3. The van der Waals surface area contributed by atoms with Gasteiger partial charge in [-0.1, -0.05) is 30.3 Å². The maximum atomic E-state index is 13.4. The number of para-hydroxylation sites is 2. The lowest BCUT2D eigenvalue weighted by molar-refractivity contribution is -0.118. The lowest BCUT2D eigenvalue weighted by Gasteiger charge is -2.34. The Morgan fingerprint density at radius 1 is 1.14 bits per heavy atom. The summed E-state index contributed by atoms with van der Waals surface area (Å²) in [5.74, 6) is -0.465. The summed E-state index contributed by atoms with van der Waals surface area (Å²) in [5.41, 5.74) is 5.74. The van der Waals surface area contributed by atoms with Crippen molar-refractivity contribution in [1.29, 1.82) is 5.26 Å². The number of rotatable bonds is 0. The highest BCUT2D eigenvalue weighted by Gasteiger charge is 2.58. The van der Waals surface area contributed by atoms with Crippen LogP contribution in [0.2, 0.25) is 0 Å². The van der Waals surface area contributed by atoms with Crippen LogP contribution in [0.25, 0.3) is 10.9 Å². The number of aromatic nitrogens is 1. The van der Waals surface area contributed by atoms with Gasteiger partial charge in [0.25, 0.3) is 5.56 Å². The zero-order valence-electron chi connectivity index (χ0n) is 14.8. The number of fused-ring (bicyclic) bond motifs is 6. The van der Waals surface area contributed by atoms with Gasteiger partial charge in [-0.15, -0.1) is 0 Å². The van der Waals surface area contributed by atoms with Gasteiger partial charge in [0.15, 0.2) is 5.41 Å². The van der Waals surface area contributed by atoms with Crippen LogP contribution in [0.3, 0.4) is 0 Å². The molecule has 1 spiro atoms. The van der Waals surface area contributed by atoms with Gasteiger partial charge in [0.2, 0.25) is 11.8 Å². The van der Waals surface area contributed by atoms with Crippen LogP contribution in [-0.4, -0.2) is 10.5 Å². The number of nitrogens with two attached hydrogens (primary N) is 1. The van der Waals surface area contributed by atoms with Gasteiger partial charge < -0.3 is 20.4 Å². The molecule has 0 aliphatic carbocycles. The molecule has 0 saturated heterocycles. The van der Waals surface area contributed by atoms with Crippen LogP contribution in [0.15, 0.2) is 64.8 Å². The van der Waals surface area contributed by atoms with Crippen LogP contribution in [0.5, 0.6) is 5.75 Å². The van der Waals surface area contributed by atoms with E-state index in [1.165, 1.54) is 4.57 Å². The van der Waals surface area contributed by atoms with Crippen LogP contribution < -0.4 is 21.3 Å². The van der Waals surface area contributed by atoms with Gasteiger partial charge >= 0.3 is 0 Å². The Hall–Kier alpha value is -4.05. The Balaban J connectivity index is 2.06. The van der Waals surface area contributed by atoms with E-state index in [0.29, 0.717) is 22.2 Å². The minimum absolute atomic E-state index is 0.0881. The topological polar surface area (TPSA) is 110 Å². The number of hydrogen-bond acceptors (Lipinski definition) is 5. The van der Waals surface area contributed by atoms with Crippen LogP contribution >= 0.6 is 0 Å². The second-order valence-corrected chi connectivity index (χ2v) is 6.79. The third-order valence-electron chi connectivity index (χ3n) is 5.50. The molecule has 2 aromatic carbocycles. The van der Waals surface area contributed by atoms with E-state index in [1.54, 1.807) is 43.4 Å². The van der Waals surface area contributed by atoms with Crippen molar-refractivity contribution in [1.82, 2.24) is 4.57 Å². The highest BCUT2D eigenvalue weighted by atomic mass is 16.5. The molecule has 2 aliphatic heterocycles. The third-order valence-corrected chi connectivity index (χ3v) is 5.50. The molecule has 3 N–H and O–H groups in total. The molecule has 1 amide bonds. The standard InChI is InChI=1S/C21H14N4O3/c1-25-15-9-5-2-6-11(15)17-16(19(25)26)21(13(10-22)18(23)28-17)12-7-3-4-8-14(12)24-20(21)27/h2-9H,23H2,1H3,(H,24,27)/t21-/m0/s1. The Bertz CT molecular complexity index is 1350. The van der Waals surface area contributed by atoms with Gasteiger partial charge in [0.05, 0.1) is 11.1 Å². The number of nitrogens with zero attached hydrogens (tertiary/aromatic N) is 2. The summed E-state index contributed by atoms with van der Waals surface area (Å²) in [4.78, 5) is 26.8. The van der Waals surface area contributed by atoms with Crippen LogP contribution in [-0.2, 0) is 17.3 Å². The van der Waals surface area contributed by atoms with Crippen molar-refractivity contribution >= 4 is 22.5 Å². The highest BCUT2D eigenvalue weighted by molar-refractivity contribution is 6.13. The summed E-state index contributed by atoms with van der Waals surface area (Å²) in [7, 11) is 1.63. The number of nitrogens with one attached hydrogen (secondary N) is 1. The monoisotopic (exact) mass is 370 g/mol. The van der Waals surface area contributed by atoms with Gasteiger partial charge in [0, 0.05) is 23.7 Å². The zero-order chi connectivity index (χ0) is 19.6. The number of hydrogen-bond donors (Lipinski definition) is 2. The van der Waals surface area contributed by atoms with Crippen molar-refractivity contribution in [3.8, 4) is 11.8 Å². The van der Waals surface area contributed by atoms with E-state index < -0.39 is 16.9 Å². The van der Waals surface area contributed by atoms with Gasteiger partial charge in [-0.05, 0) is 18.2 Å². The Morgan fingerprint density at radius 2 is 1.86 bits per heavy atom. The van der Waals surface area contributed by atoms with Gasteiger partial charge in [0.1, 0.15) is 17.4 Å². The summed E-state index contributed by atoms with van der Waals surface area (Å²) in [6, 6.07) is 16.2. The van der Waals surface area contributed by atoms with Crippen molar-refractivity contribution in [3.63, 3.8) is 0 Å². The van der Waals surface area contributed by atoms with Crippen molar-refractivity contribution in [3.05, 3.63) is 81.5 Å². The van der Waals surface area contributed by atoms with Crippen molar-refractivity contribution < 1.29 is 9.53 Å². The molecule has 0 unspecified atom stereocenters. The quantitative estimate of drug-likeness (QED) is 0.628. The molecule has 0 fully saturated rings. The number of amides is 1. The van der Waals surface area contributed by atoms with Crippen LogP contribution in [0.4, 0.5) is 5.69 Å².